The van der Waals surface area contributed by atoms with E-state index in [0.717, 1.165) is 72.0 Å². The van der Waals surface area contributed by atoms with E-state index in [1.54, 1.807) is 11.3 Å². The van der Waals surface area contributed by atoms with Crippen LogP contribution in [0.5, 0.6) is 11.5 Å². The molecule has 238 valence electrons. The number of fused-ring (bicyclic) bond motifs is 12. The van der Waals surface area contributed by atoms with Crippen molar-refractivity contribution in [1.82, 2.24) is 9.97 Å². The van der Waals surface area contributed by atoms with Crippen molar-refractivity contribution >= 4 is 31.6 Å². The van der Waals surface area contributed by atoms with Crippen molar-refractivity contribution < 1.29 is 4.74 Å². The predicted octanol–water partition coefficient (Wildman–Crippen LogP) is 12.3. The summed E-state index contributed by atoms with van der Waals surface area (Å²) in [5, 5.41) is 1.16. The van der Waals surface area contributed by atoms with E-state index >= 15 is 0 Å². The van der Waals surface area contributed by atoms with Crippen molar-refractivity contribution in [3.63, 3.8) is 0 Å². The van der Waals surface area contributed by atoms with Gasteiger partial charge in [-0.3, -0.25) is 0 Å². The maximum atomic E-state index is 6.58. The Labute approximate surface area is 299 Å². The van der Waals surface area contributed by atoms with E-state index in [0.29, 0.717) is 0 Å². The molecular formula is C47H28N2OS. The maximum Gasteiger partial charge on any atom is 0.161 e. The zero-order chi connectivity index (χ0) is 33.5. The summed E-state index contributed by atoms with van der Waals surface area (Å²) in [6, 6.07) is 60.4. The maximum absolute atomic E-state index is 6.58. The van der Waals surface area contributed by atoms with E-state index in [2.05, 4.69) is 170 Å². The number of hydrogen-bond acceptors (Lipinski definition) is 4. The zero-order valence-corrected chi connectivity index (χ0v) is 28.2. The number of benzene rings is 7. The van der Waals surface area contributed by atoms with Gasteiger partial charge in [-0.05, 0) is 51.6 Å². The summed E-state index contributed by atoms with van der Waals surface area (Å²) >= 11 is 1.76. The van der Waals surface area contributed by atoms with Gasteiger partial charge < -0.3 is 4.74 Å². The van der Waals surface area contributed by atoms with Gasteiger partial charge in [0.25, 0.3) is 0 Å². The van der Waals surface area contributed by atoms with Crippen LogP contribution in [0.2, 0.25) is 0 Å². The third-order valence-electron chi connectivity index (χ3n) is 10.6. The van der Waals surface area contributed by atoms with E-state index in [1.807, 2.05) is 0 Å². The first-order valence-corrected chi connectivity index (χ1v) is 18.1. The molecule has 1 aliphatic heterocycles. The van der Waals surface area contributed by atoms with Gasteiger partial charge in [0.15, 0.2) is 5.82 Å². The molecular weight excluding hydrogens is 641 g/mol. The number of para-hydroxylation sites is 2. The van der Waals surface area contributed by atoms with Crippen LogP contribution in [0.25, 0.3) is 65.2 Å². The number of rotatable bonds is 3. The molecule has 7 aromatic carbocycles. The molecule has 3 nitrogen and oxygen atoms in total. The second kappa shape index (κ2) is 10.8. The highest BCUT2D eigenvalue weighted by molar-refractivity contribution is 7.26. The number of thiophene rings is 1. The Morgan fingerprint density at radius 3 is 1.82 bits per heavy atom. The molecule has 0 N–H and O–H groups in total. The highest BCUT2D eigenvalue weighted by Gasteiger charge is 2.51. The first-order chi connectivity index (χ1) is 25.3. The largest absolute Gasteiger partial charge is 0.457 e. The molecule has 0 saturated heterocycles. The van der Waals surface area contributed by atoms with E-state index in [4.69, 9.17) is 14.7 Å². The van der Waals surface area contributed by atoms with E-state index in [9.17, 15) is 0 Å². The highest BCUT2D eigenvalue weighted by Crippen LogP contribution is 2.63. The Bertz CT molecular complexity index is 2810. The fraction of sp³-hybridized carbons (Fsp3) is 0.0213. The van der Waals surface area contributed by atoms with Crippen molar-refractivity contribution in [2.24, 2.45) is 0 Å². The van der Waals surface area contributed by atoms with Crippen molar-refractivity contribution in [1.29, 1.82) is 0 Å². The predicted molar refractivity (Wildman–Crippen MR) is 209 cm³/mol. The van der Waals surface area contributed by atoms with Crippen LogP contribution >= 0.6 is 11.3 Å². The molecule has 3 heterocycles. The molecule has 2 aliphatic rings. The Morgan fingerprint density at radius 2 is 1.04 bits per heavy atom. The first kappa shape index (κ1) is 28.5. The Morgan fingerprint density at radius 1 is 0.451 bits per heavy atom. The normalized spacial score (nSPS) is 13.4. The van der Waals surface area contributed by atoms with Crippen LogP contribution in [-0.2, 0) is 5.41 Å². The molecule has 0 saturated carbocycles. The van der Waals surface area contributed by atoms with Crippen LogP contribution in [0, 0.1) is 0 Å². The fourth-order valence-corrected chi connectivity index (χ4v) is 9.70. The molecule has 2 aromatic heterocycles. The molecule has 4 heteroatoms. The lowest BCUT2D eigenvalue weighted by Crippen LogP contribution is -2.32. The van der Waals surface area contributed by atoms with Crippen LogP contribution in [0.15, 0.2) is 170 Å². The second-order valence-corrected chi connectivity index (χ2v) is 14.3. The number of hydrogen-bond donors (Lipinski definition) is 0. The minimum Gasteiger partial charge on any atom is -0.457 e. The van der Waals surface area contributed by atoms with Crippen LogP contribution < -0.4 is 4.74 Å². The molecule has 0 amide bonds. The van der Waals surface area contributed by atoms with Gasteiger partial charge in [-0.1, -0.05) is 152 Å². The molecule has 0 bridgehead atoms. The smallest absolute Gasteiger partial charge is 0.161 e. The van der Waals surface area contributed by atoms with E-state index in [-0.39, 0.29) is 0 Å². The van der Waals surface area contributed by atoms with Gasteiger partial charge in [-0.25, -0.2) is 9.97 Å². The van der Waals surface area contributed by atoms with Crippen LogP contribution in [0.4, 0.5) is 0 Å². The number of nitrogens with zero attached hydrogens (tertiary/aromatic N) is 2. The average Bonchev–Trinajstić information content (AvgIpc) is 3.72. The van der Waals surface area contributed by atoms with Crippen LogP contribution in [0.3, 0.4) is 0 Å². The van der Waals surface area contributed by atoms with Gasteiger partial charge in [0.05, 0.1) is 21.3 Å². The molecule has 0 radical (unpaired) electrons. The molecule has 1 aliphatic carbocycles. The van der Waals surface area contributed by atoms with Crippen molar-refractivity contribution in [2.75, 3.05) is 0 Å². The lowest BCUT2D eigenvalue weighted by molar-refractivity contribution is 0.436. The van der Waals surface area contributed by atoms with Gasteiger partial charge in [-0.15, -0.1) is 11.3 Å². The van der Waals surface area contributed by atoms with Gasteiger partial charge in [-0.2, -0.15) is 0 Å². The minimum atomic E-state index is -0.534. The molecule has 0 unspecified atom stereocenters. The standard InChI is InChI=1S/C47H28N2OS/c1-2-15-29(16-3-1)43-45-44(34-20-7-13-28-41(34)51-45)49-46(48-43)32-18-5-4-17-30(32)31-21-14-25-38-42(31)33-19-6-8-22-35(33)47(38)36-23-9-11-26-39(36)50-40-27-12-10-24-37(40)47/h1-28H. The lowest BCUT2D eigenvalue weighted by atomic mass is 9.66. The van der Waals surface area contributed by atoms with Crippen molar-refractivity contribution in [3.05, 3.63) is 192 Å². The molecule has 0 fully saturated rings. The van der Waals surface area contributed by atoms with Gasteiger partial charge in [0, 0.05) is 32.3 Å². The summed E-state index contributed by atoms with van der Waals surface area (Å²) in [5.74, 6) is 2.51. The Balaban J connectivity index is 1.21. The van der Waals surface area contributed by atoms with Crippen LogP contribution in [-0.4, -0.2) is 9.97 Å². The summed E-state index contributed by atoms with van der Waals surface area (Å²) in [4.78, 5) is 10.8. The minimum absolute atomic E-state index is 0.534. The first-order valence-electron chi connectivity index (χ1n) is 17.3. The quantitative estimate of drug-likeness (QED) is 0.188. The zero-order valence-electron chi connectivity index (χ0n) is 27.4. The second-order valence-electron chi connectivity index (χ2n) is 13.2. The Hall–Kier alpha value is -6.36. The summed E-state index contributed by atoms with van der Waals surface area (Å²) in [6.07, 6.45) is 0. The molecule has 11 rings (SSSR count). The van der Waals surface area contributed by atoms with Crippen molar-refractivity contribution in [2.45, 2.75) is 5.41 Å². The van der Waals surface area contributed by atoms with E-state index in [1.165, 1.54) is 27.0 Å². The highest BCUT2D eigenvalue weighted by atomic mass is 32.1. The summed E-state index contributed by atoms with van der Waals surface area (Å²) in [5.41, 5.74) is 13.1. The van der Waals surface area contributed by atoms with Gasteiger partial charge >= 0.3 is 0 Å². The summed E-state index contributed by atoms with van der Waals surface area (Å²) in [6.45, 7) is 0. The third kappa shape index (κ3) is 3.94. The summed E-state index contributed by atoms with van der Waals surface area (Å²) in [7, 11) is 0. The lowest BCUT2D eigenvalue weighted by Gasteiger charge is -2.39. The fourth-order valence-electron chi connectivity index (χ4n) is 8.54. The average molecular weight is 669 g/mol. The topological polar surface area (TPSA) is 35.0 Å². The monoisotopic (exact) mass is 668 g/mol. The number of aromatic nitrogens is 2. The molecule has 0 atom stereocenters. The van der Waals surface area contributed by atoms with Gasteiger partial charge in [0.1, 0.15) is 11.5 Å². The molecule has 51 heavy (non-hydrogen) atoms. The SMILES string of the molecule is c1ccc(-c2nc(-c3ccccc3-c3cccc4c3-c3ccccc3C43c4ccccc4Oc4ccccc43)nc3c2sc2ccccc23)cc1. The molecule has 1 spiro atoms. The Kier molecular flexibility index (Phi) is 6.04. The third-order valence-corrected chi connectivity index (χ3v) is 11.8. The van der Waals surface area contributed by atoms with Crippen LogP contribution in [0.1, 0.15) is 22.3 Å². The van der Waals surface area contributed by atoms with E-state index < -0.39 is 5.41 Å². The molecule has 9 aromatic rings. The van der Waals surface area contributed by atoms with Crippen molar-refractivity contribution in [3.8, 4) is 56.4 Å². The van der Waals surface area contributed by atoms with Gasteiger partial charge in [0.2, 0.25) is 0 Å². The number of ether oxygens (including phenoxy) is 1. The summed E-state index contributed by atoms with van der Waals surface area (Å²) < 4.78 is 8.90.